The second-order valence-electron chi connectivity index (χ2n) is 6.71. The van der Waals surface area contributed by atoms with E-state index in [1.165, 1.54) is 18.1 Å². The zero-order valence-corrected chi connectivity index (χ0v) is 18.6. The van der Waals surface area contributed by atoms with Crippen LogP contribution in [0.3, 0.4) is 0 Å². The maximum absolute atomic E-state index is 13.2. The number of aryl methyl sites for hydroxylation is 2. The molecule has 0 radical (unpaired) electrons. The predicted molar refractivity (Wildman–Crippen MR) is 121 cm³/mol. The van der Waals surface area contributed by atoms with E-state index in [0.29, 0.717) is 34.4 Å². The van der Waals surface area contributed by atoms with E-state index in [4.69, 9.17) is 33.3 Å². The molecular weight excluding hydrogens is 424 g/mol. The molecular formula is C22H21ClN2O4S. The van der Waals surface area contributed by atoms with Crippen LogP contribution in [-0.4, -0.2) is 30.6 Å². The first-order valence-corrected chi connectivity index (χ1v) is 10.0. The highest BCUT2D eigenvalue weighted by molar-refractivity contribution is 7.80. The maximum atomic E-state index is 13.2. The minimum atomic E-state index is -0.587. The molecule has 1 fully saturated rings. The van der Waals surface area contributed by atoms with E-state index in [9.17, 15) is 9.59 Å². The molecule has 0 spiro atoms. The summed E-state index contributed by atoms with van der Waals surface area (Å²) in [7, 11) is 1.51. The van der Waals surface area contributed by atoms with E-state index in [0.717, 1.165) is 11.1 Å². The van der Waals surface area contributed by atoms with Gasteiger partial charge in [-0.05, 0) is 62.3 Å². The van der Waals surface area contributed by atoms with Gasteiger partial charge in [0.05, 0.1) is 24.4 Å². The third kappa shape index (κ3) is 4.17. The molecule has 0 unspecified atom stereocenters. The number of nitrogens with one attached hydrogen (secondary N) is 1. The lowest BCUT2D eigenvalue weighted by molar-refractivity contribution is -0.122. The summed E-state index contributed by atoms with van der Waals surface area (Å²) in [5.74, 6) is -0.195. The van der Waals surface area contributed by atoms with Crippen molar-refractivity contribution in [1.29, 1.82) is 0 Å². The quantitative estimate of drug-likeness (QED) is 0.425. The van der Waals surface area contributed by atoms with Gasteiger partial charge >= 0.3 is 0 Å². The molecule has 156 valence electrons. The smallest absolute Gasteiger partial charge is 0.270 e. The van der Waals surface area contributed by atoms with Crippen molar-refractivity contribution in [2.24, 2.45) is 0 Å². The van der Waals surface area contributed by atoms with Crippen molar-refractivity contribution >= 4 is 52.5 Å². The third-order valence-corrected chi connectivity index (χ3v) is 5.19. The summed E-state index contributed by atoms with van der Waals surface area (Å²) >= 11 is 11.6. The Morgan fingerprint density at radius 2 is 1.90 bits per heavy atom. The van der Waals surface area contributed by atoms with Crippen molar-refractivity contribution < 1.29 is 19.1 Å². The van der Waals surface area contributed by atoms with Crippen molar-refractivity contribution in [2.75, 3.05) is 18.6 Å². The fourth-order valence-corrected chi connectivity index (χ4v) is 3.66. The van der Waals surface area contributed by atoms with Crippen molar-refractivity contribution in [3.63, 3.8) is 0 Å². The van der Waals surface area contributed by atoms with Crippen LogP contribution in [0.25, 0.3) is 6.08 Å². The normalized spacial score (nSPS) is 15.4. The van der Waals surface area contributed by atoms with Gasteiger partial charge in [0.1, 0.15) is 5.57 Å². The number of carbonyl (C=O) groups is 2. The molecule has 0 saturated carbocycles. The number of hydrogen-bond donors (Lipinski definition) is 1. The molecule has 1 heterocycles. The van der Waals surface area contributed by atoms with Crippen LogP contribution in [0, 0.1) is 13.8 Å². The van der Waals surface area contributed by atoms with Crippen LogP contribution < -0.4 is 19.7 Å². The van der Waals surface area contributed by atoms with Gasteiger partial charge in [-0.3, -0.25) is 19.8 Å². The molecule has 6 nitrogen and oxygen atoms in total. The molecule has 1 aliphatic rings. The number of ether oxygens (including phenoxy) is 2. The number of rotatable bonds is 5. The first kappa shape index (κ1) is 21.8. The van der Waals surface area contributed by atoms with Crippen molar-refractivity contribution in [1.82, 2.24) is 5.32 Å². The monoisotopic (exact) mass is 444 g/mol. The van der Waals surface area contributed by atoms with E-state index in [1.807, 2.05) is 32.9 Å². The largest absolute Gasteiger partial charge is 0.493 e. The lowest BCUT2D eigenvalue weighted by Crippen LogP contribution is -2.54. The zero-order chi connectivity index (χ0) is 22.0. The Labute approximate surface area is 185 Å². The average Bonchev–Trinajstić information content (AvgIpc) is 2.68. The number of anilines is 1. The molecule has 0 bridgehead atoms. The Morgan fingerprint density at radius 1 is 1.17 bits per heavy atom. The molecule has 2 aromatic carbocycles. The van der Waals surface area contributed by atoms with Crippen LogP contribution in [0.15, 0.2) is 35.9 Å². The van der Waals surface area contributed by atoms with Crippen LogP contribution in [0.5, 0.6) is 11.5 Å². The molecule has 3 rings (SSSR count). The summed E-state index contributed by atoms with van der Waals surface area (Å²) in [5.41, 5.74) is 2.89. The van der Waals surface area contributed by atoms with Gasteiger partial charge in [-0.25, -0.2) is 0 Å². The first-order valence-electron chi connectivity index (χ1n) is 9.25. The van der Waals surface area contributed by atoms with Crippen molar-refractivity contribution in [3.8, 4) is 11.5 Å². The second-order valence-corrected chi connectivity index (χ2v) is 7.50. The fraction of sp³-hybridized carbons (Fsp3) is 0.227. The standard InChI is InChI=1S/C22H21ClN2O4S/c1-5-29-19-10-14(16(23)11-18(19)28-4)9-15-20(26)24-22(30)25(21(15)27)17-7-6-12(2)8-13(17)3/h6-11H,5H2,1-4H3,(H,24,26,30)/b15-9+. The van der Waals surface area contributed by atoms with Gasteiger partial charge in [-0.1, -0.05) is 29.3 Å². The first-order chi connectivity index (χ1) is 14.3. The summed E-state index contributed by atoms with van der Waals surface area (Å²) in [6, 6.07) is 8.84. The molecule has 1 aliphatic heterocycles. The highest BCUT2D eigenvalue weighted by atomic mass is 35.5. The third-order valence-electron chi connectivity index (χ3n) is 4.58. The van der Waals surface area contributed by atoms with Crippen LogP contribution in [0.4, 0.5) is 5.69 Å². The molecule has 0 aromatic heterocycles. The van der Waals surface area contributed by atoms with E-state index in [2.05, 4.69) is 5.32 Å². The van der Waals surface area contributed by atoms with Gasteiger partial charge in [0, 0.05) is 6.07 Å². The number of methoxy groups -OCH3 is 1. The molecule has 1 saturated heterocycles. The second kappa shape index (κ2) is 8.85. The summed E-state index contributed by atoms with van der Waals surface area (Å²) in [6.07, 6.45) is 1.43. The molecule has 2 amide bonds. The average molecular weight is 445 g/mol. The maximum Gasteiger partial charge on any atom is 0.270 e. The topological polar surface area (TPSA) is 67.9 Å². The molecule has 1 N–H and O–H groups in total. The molecule has 8 heteroatoms. The van der Waals surface area contributed by atoms with Gasteiger partial charge in [-0.2, -0.15) is 0 Å². The Kier molecular flexibility index (Phi) is 6.43. The molecule has 0 atom stereocenters. The SMILES string of the molecule is CCOc1cc(/C=C2\C(=O)NC(=S)N(c3ccc(C)cc3C)C2=O)c(Cl)cc1OC. The Hall–Kier alpha value is -2.90. The Morgan fingerprint density at radius 3 is 2.53 bits per heavy atom. The van der Waals surface area contributed by atoms with Crippen LogP contribution in [0.1, 0.15) is 23.6 Å². The van der Waals surface area contributed by atoms with Gasteiger partial charge in [0.15, 0.2) is 16.6 Å². The number of benzene rings is 2. The van der Waals surface area contributed by atoms with E-state index >= 15 is 0 Å². The highest BCUT2D eigenvalue weighted by Gasteiger charge is 2.35. The van der Waals surface area contributed by atoms with Gasteiger partial charge in [0.25, 0.3) is 11.8 Å². The summed E-state index contributed by atoms with van der Waals surface area (Å²) in [6.45, 7) is 6.10. The Bertz CT molecular complexity index is 1080. The Balaban J connectivity index is 2.08. The van der Waals surface area contributed by atoms with Gasteiger partial charge < -0.3 is 9.47 Å². The van der Waals surface area contributed by atoms with Crippen LogP contribution >= 0.6 is 23.8 Å². The minimum absolute atomic E-state index is 0.0323. The van der Waals surface area contributed by atoms with Gasteiger partial charge in [0.2, 0.25) is 0 Å². The van der Waals surface area contributed by atoms with Crippen molar-refractivity contribution in [3.05, 3.63) is 57.6 Å². The van der Waals surface area contributed by atoms with Crippen LogP contribution in [0.2, 0.25) is 5.02 Å². The number of carbonyl (C=O) groups excluding carboxylic acids is 2. The van der Waals surface area contributed by atoms with Crippen molar-refractivity contribution in [2.45, 2.75) is 20.8 Å². The lowest BCUT2D eigenvalue weighted by atomic mass is 10.0. The summed E-state index contributed by atoms with van der Waals surface area (Å²) < 4.78 is 10.8. The lowest BCUT2D eigenvalue weighted by Gasteiger charge is -2.30. The fourth-order valence-electron chi connectivity index (χ4n) is 3.18. The number of hydrogen-bond acceptors (Lipinski definition) is 5. The number of nitrogens with zero attached hydrogens (tertiary/aromatic N) is 1. The minimum Gasteiger partial charge on any atom is -0.493 e. The number of amides is 2. The van der Waals surface area contributed by atoms with Crippen LogP contribution in [-0.2, 0) is 9.59 Å². The predicted octanol–water partition coefficient (Wildman–Crippen LogP) is 4.20. The van der Waals surface area contributed by atoms with E-state index < -0.39 is 11.8 Å². The van der Waals surface area contributed by atoms with E-state index in [-0.39, 0.29) is 10.7 Å². The zero-order valence-electron chi connectivity index (χ0n) is 17.0. The number of thiocarbonyl (C=S) groups is 1. The molecule has 2 aromatic rings. The molecule has 0 aliphatic carbocycles. The number of halogens is 1. The van der Waals surface area contributed by atoms with Gasteiger partial charge in [-0.15, -0.1) is 0 Å². The molecule has 30 heavy (non-hydrogen) atoms. The summed E-state index contributed by atoms with van der Waals surface area (Å²) in [4.78, 5) is 27.1. The highest BCUT2D eigenvalue weighted by Crippen LogP contribution is 2.35. The summed E-state index contributed by atoms with van der Waals surface area (Å²) in [5, 5.41) is 2.93. The van der Waals surface area contributed by atoms with E-state index in [1.54, 1.807) is 18.2 Å².